The highest BCUT2D eigenvalue weighted by Crippen LogP contribution is 2.17. The fourth-order valence-electron chi connectivity index (χ4n) is 2.39. The monoisotopic (exact) mass is 263 g/mol. The van der Waals surface area contributed by atoms with Gasteiger partial charge >= 0.3 is 0 Å². The van der Waals surface area contributed by atoms with Crippen molar-refractivity contribution in [1.29, 1.82) is 0 Å². The maximum atomic E-state index is 12.4. The Morgan fingerprint density at radius 2 is 1.84 bits per heavy atom. The second-order valence-corrected chi connectivity index (χ2v) is 4.92. The predicted octanol–water partition coefficient (Wildman–Crippen LogP) is 2.33. The molecule has 1 aliphatic heterocycles. The minimum Gasteiger partial charge on any atom is -0.494 e. The summed E-state index contributed by atoms with van der Waals surface area (Å²) < 4.78 is 11.0. The van der Waals surface area contributed by atoms with Crippen molar-refractivity contribution in [3.8, 4) is 5.75 Å². The fourth-order valence-corrected chi connectivity index (χ4v) is 2.39. The maximum Gasteiger partial charge on any atom is 0.254 e. The topological polar surface area (TPSA) is 38.8 Å². The molecule has 1 saturated heterocycles. The molecule has 1 heterocycles. The third-order valence-corrected chi connectivity index (χ3v) is 3.12. The number of carbonyl (C=O) groups excluding carboxylic acids is 1. The number of nitrogens with zero attached hydrogens (tertiary/aromatic N) is 1. The van der Waals surface area contributed by atoms with E-state index >= 15 is 0 Å². The highest BCUT2D eigenvalue weighted by molar-refractivity contribution is 5.94. The minimum absolute atomic E-state index is 0.0602. The summed E-state index contributed by atoms with van der Waals surface area (Å²) in [5.41, 5.74) is 0.699. The molecule has 2 rings (SSSR count). The molecule has 1 aliphatic rings. The van der Waals surface area contributed by atoms with E-state index in [-0.39, 0.29) is 18.1 Å². The van der Waals surface area contributed by atoms with Gasteiger partial charge in [0.15, 0.2) is 0 Å². The molecular formula is C15H21NO3. The Bertz CT molecular complexity index is 420. The Labute approximate surface area is 114 Å². The summed E-state index contributed by atoms with van der Waals surface area (Å²) in [5, 5.41) is 0. The number of amides is 1. The van der Waals surface area contributed by atoms with Gasteiger partial charge in [0.1, 0.15) is 5.75 Å². The molecule has 4 nitrogen and oxygen atoms in total. The van der Waals surface area contributed by atoms with E-state index in [0.29, 0.717) is 25.3 Å². The quantitative estimate of drug-likeness (QED) is 0.840. The molecule has 4 heteroatoms. The number of ether oxygens (including phenoxy) is 2. The number of hydrogen-bond acceptors (Lipinski definition) is 3. The first-order chi connectivity index (χ1) is 9.10. The number of benzene rings is 1. The van der Waals surface area contributed by atoms with Gasteiger partial charge in [0.25, 0.3) is 5.91 Å². The lowest BCUT2D eigenvalue weighted by atomic mass is 10.1. The van der Waals surface area contributed by atoms with Crippen molar-refractivity contribution in [2.24, 2.45) is 0 Å². The van der Waals surface area contributed by atoms with E-state index in [2.05, 4.69) is 0 Å². The molecule has 1 aromatic carbocycles. The van der Waals surface area contributed by atoms with E-state index in [1.54, 1.807) is 0 Å². The van der Waals surface area contributed by atoms with Gasteiger partial charge in [-0.05, 0) is 45.0 Å². The molecule has 0 bridgehead atoms. The number of hydrogen-bond donors (Lipinski definition) is 0. The molecule has 104 valence electrons. The van der Waals surface area contributed by atoms with Gasteiger partial charge in [-0.25, -0.2) is 0 Å². The summed E-state index contributed by atoms with van der Waals surface area (Å²) in [6.07, 6.45) is 0.186. The minimum atomic E-state index is 0.0602. The Balaban J connectivity index is 2.06. The van der Waals surface area contributed by atoms with Crippen LogP contribution in [0.3, 0.4) is 0 Å². The van der Waals surface area contributed by atoms with Crippen molar-refractivity contribution in [1.82, 2.24) is 4.90 Å². The van der Waals surface area contributed by atoms with Crippen LogP contribution in [0.1, 0.15) is 31.1 Å². The molecule has 0 aromatic heterocycles. The normalized spacial score (nSPS) is 23.2. The molecule has 1 amide bonds. The van der Waals surface area contributed by atoms with Gasteiger partial charge in [-0.1, -0.05) is 0 Å². The number of rotatable bonds is 3. The van der Waals surface area contributed by atoms with Crippen LogP contribution in [-0.2, 0) is 4.74 Å². The zero-order valence-corrected chi connectivity index (χ0v) is 11.8. The van der Waals surface area contributed by atoms with E-state index in [4.69, 9.17) is 9.47 Å². The van der Waals surface area contributed by atoms with Crippen LogP contribution in [0.4, 0.5) is 0 Å². The van der Waals surface area contributed by atoms with Gasteiger partial charge in [-0.2, -0.15) is 0 Å². The first-order valence-corrected chi connectivity index (χ1v) is 6.77. The van der Waals surface area contributed by atoms with Gasteiger partial charge in [-0.15, -0.1) is 0 Å². The third-order valence-electron chi connectivity index (χ3n) is 3.12. The zero-order valence-electron chi connectivity index (χ0n) is 11.8. The summed E-state index contributed by atoms with van der Waals surface area (Å²) in [6, 6.07) is 7.31. The summed E-state index contributed by atoms with van der Waals surface area (Å²) in [4.78, 5) is 14.2. The summed E-state index contributed by atoms with van der Waals surface area (Å²) in [5.74, 6) is 0.854. The van der Waals surface area contributed by atoms with Crippen molar-refractivity contribution in [2.75, 3.05) is 19.7 Å². The molecule has 0 N–H and O–H groups in total. The van der Waals surface area contributed by atoms with Crippen LogP contribution in [0, 0.1) is 0 Å². The van der Waals surface area contributed by atoms with E-state index in [9.17, 15) is 4.79 Å². The smallest absolute Gasteiger partial charge is 0.254 e. The van der Waals surface area contributed by atoms with Crippen molar-refractivity contribution >= 4 is 5.91 Å². The molecule has 19 heavy (non-hydrogen) atoms. The van der Waals surface area contributed by atoms with E-state index < -0.39 is 0 Å². The predicted molar refractivity (Wildman–Crippen MR) is 73.5 cm³/mol. The van der Waals surface area contributed by atoms with Crippen LogP contribution in [0.15, 0.2) is 24.3 Å². The highest BCUT2D eigenvalue weighted by Gasteiger charge is 2.26. The Hall–Kier alpha value is -1.55. The van der Waals surface area contributed by atoms with Crippen LogP contribution in [0.25, 0.3) is 0 Å². The molecule has 0 unspecified atom stereocenters. The van der Waals surface area contributed by atoms with Gasteiger partial charge in [0.2, 0.25) is 0 Å². The van der Waals surface area contributed by atoms with Gasteiger partial charge < -0.3 is 14.4 Å². The number of carbonyl (C=O) groups is 1. The van der Waals surface area contributed by atoms with Crippen molar-refractivity contribution in [3.05, 3.63) is 29.8 Å². The molecule has 1 aromatic rings. The molecular weight excluding hydrogens is 242 g/mol. The first kappa shape index (κ1) is 13.9. The van der Waals surface area contributed by atoms with Crippen molar-refractivity contribution in [2.45, 2.75) is 33.0 Å². The second kappa shape index (κ2) is 6.06. The van der Waals surface area contributed by atoms with Gasteiger partial charge in [-0.3, -0.25) is 4.79 Å². The summed E-state index contributed by atoms with van der Waals surface area (Å²) >= 11 is 0. The Morgan fingerprint density at radius 1 is 1.26 bits per heavy atom. The lowest BCUT2D eigenvalue weighted by Gasteiger charge is -2.35. The Kier molecular flexibility index (Phi) is 4.43. The average Bonchev–Trinajstić information content (AvgIpc) is 2.38. The molecule has 0 spiro atoms. The van der Waals surface area contributed by atoms with E-state index in [1.807, 2.05) is 49.9 Å². The van der Waals surface area contributed by atoms with Crippen LogP contribution in [0.2, 0.25) is 0 Å². The second-order valence-electron chi connectivity index (χ2n) is 4.92. The molecule has 0 saturated carbocycles. The van der Waals surface area contributed by atoms with E-state index in [0.717, 1.165) is 5.75 Å². The highest BCUT2D eigenvalue weighted by atomic mass is 16.5. The molecule has 0 radical (unpaired) electrons. The number of morpholine rings is 1. The molecule has 0 aliphatic carbocycles. The van der Waals surface area contributed by atoms with Crippen LogP contribution < -0.4 is 4.74 Å². The summed E-state index contributed by atoms with van der Waals surface area (Å²) in [7, 11) is 0. The van der Waals surface area contributed by atoms with Gasteiger partial charge in [0.05, 0.1) is 18.8 Å². The zero-order chi connectivity index (χ0) is 13.8. The lowest BCUT2D eigenvalue weighted by Crippen LogP contribution is -2.48. The van der Waals surface area contributed by atoms with Crippen molar-refractivity contribution in [3.63, 3.8) is 0 Å². The SMILES string of the molecule is CCOc1ccc(C(=O)N2C[C@@H](C)O[C@@H](C)C2)cc1. The first-order valence-electron chi connectivity index (χ1n) is 6.77. The van der Waals surface area contributed by atoms with Crippen LogP contribution in [-0.4, -0.2) is 42.7 Å². The summed E-state index contributed by atoms with van der Waals surface area (Å²) in [6.45, 7) is 7.86. The van der Waals surface area contributed by atoms with Crippen molar-refractivity contribution < 1.29 is 14.3 Å². The molecule has 2 atom stereocenters. The van der Waals surface area contributed by atoms with Gasteiger partial charge in [0, 0.05) is 18.7 Å². The maximum absolute atomic E-state index is 12.4. The van der Waals surface area contributed by atoms with Crippen LogP contribution >= 0.6 is 0 Å². The largest absolute Gasteiger partial charge is 0.494 e. The van der Waals surface area contributed by atoms with E-state index in [1.165, 1.54) is 0 Å². The standard InChI is InChI=1S/C15H21NO3/c1-4-18-14-7-5-13(6-8-14)15(17)16-9-11(2)19-12(3)10-16/h5-8,11-12H,4,9-10H2,1-3H3/t11-,12+. The van der Waals surface area contributed by atoms with Crippen LogP contribution in [0.5, 0.6) is 5.75 Å². The lowest BCUT2D eigenvalue weighted by molar-refractivity contribution is -0.0586. The fraction of sp³-hybridized carbons (Fsp3) is 0.533. The average molecular weight is 263 g/mol. The third kappa shape index (κ3) is 3.47. The Morgan fingerprint density at radius 3 is 2.37 bits per heavy atom. The molecule has 1 fully saturated rings.